The van der Waals surface area contributed by atoms with Gasteiger partial charge in [-0.2, -0.15) is 0 Å². The van der Waals surface area contributed by atoms with Gasteiger partial charge in [0.15, 0.2) is 0 Å². The zero-order valence-corrected chi connectivity index (χ0v) is 11.4. The summed E-state index contributed by atoms with van der Waals surface area (Å²) < 4.78 is 0. The van der Waals surface area contributed by atoms with E-state index in [0.717, 1.165) is 6.42 Å². The average molecular weight is 213 g/mol. The van der Waals surface area contributed by atoms with Crippen molar-refractivity contribution in [3.63, 3.8) is 0 Å². The molecule has 0 rings (SSSR count). The number of hydrogen-bond donors (Lipinski definition) is 1. The maximum absolute atomic E-state index is 11.7. The van der Waals surface area contributed by atoms with Crippen molar-refractivity contribution in [2.45, 2.75) is 66.8 Å². The molecule has 0 atom stereocenters. The van der Waals surface area contributed by atoms with Gasteiger partial charge in [0.2, 0.25) is 5.91 Å². The second-order valence-corrected chi connectivity index (χ2v) is 6.74. The van der Waals surface area contributed by atoms with Gasteiger partial charge >= 0.3 is 0 Å². The Balaban J connectivity index is 4.16. The molecule has 0 saturated carbocycles. The van der Waals surface area contributed by atoms with Gasteiger partial charge in [-0.05, 0) is 38.5 Å². The fourth-order valence-electron chi connectivity index (χ4n) is 2.07. The molecule has 0 bridgehead atoms. The largest absolute Gasteiger partial charge is 0.351 e. The summed E-state index contributed by atoms with van der Waals surface area (Å²) in [5.41, 5.74) is -0.0194. The minimum absolute atomic E-state index is 0.101. The minimum Gasteiger partial charge on any atom is -0.351 e. The van der Waals surface area contributed by atoms with E-state index >= 15 is 0 Å². The smallest absolute Gasteiger partial charge is 0.220 e. The molecule has 0 fully saturated rings. The molecule has 2 heteroatoms. The van der Waals surface area contributed by atoms with Gasteiger partial charge < -0.3 is 5.32 Å². The molecular formula is C13H27NO. The molecule has 1 N–H and O–H groups in total. The lowest BCUT2D eigenvalue weighted by molar-refractivity contribution is -0.124. The van der Waals surface area contributed by atoms with Crippen molar-refractivity contribution >= 4 is 5.91 Å². The van der Waals surface area contributed by atoms with E-state index in [-0.39, 0.29) is 16.9 Å². The van der Waals surface area contributed by atoms with E-state index in [4.69, 9.17) is 0 Å². The van der Waals surface area contributed by atoms with Crippen LogP contribution in [0.2, 0.25) is 0 Å². The molecule has 0 heterocycles. The summed E-state index contributed by atoms with van der Waals surface area (Å²) in [5.74, 6) is 0.801. The lowest BCUT2D eigenvalue weighted by Crippen LogP contribution is -2.42. The first kappa shape index (κ1) is 14.5. The van der Waals surface area contributed by atoms with Crippen LogP contribution in [-0.2, 0) is 4.79 Å². The van der Waals surface area contributed by atoms with Gasteiger partial charge in [-0.25, -0.2) is 0 Å². The topological polar surface area (TPSA) is 29.1 Å². The van der Waals surface area contributed by atoms with Crippen molar-refractivity contribution in [3.8, 4) is 0 Å². The Kier molecular flexibility index (Phi) is 4.82. The summed E-state index contributed by atoms with van der Waals surface area (Å²) in [6, 6.07) is 0. The monoisotopic (exact) mass is 213 g/mol. The summed E-state index contributed by atoms with van der Waals surface area (Å²) in [6.07, 6.45) is 1.70. The van der Waals surface area contributed by atoms with Gasteiger partial charge in [-0.15, -0.1) is 0 Å². The molecule has 0 unspecified atom stereocenters. The number of carbonyl (C=O) groups excluding carboxylic acids is 1. The fourth-order valence-corrected chi connectivity index (χ4v) is 2.07. The first-order chi connectivity index (χ1) is 6.52. The zero-order chi connectivity index (χ0) is 12.3. The highest BCUT2D eigenvalue weighted by atomic mass is 16.1. The molecule has 15 heavy (non-hydrogen) atoms. The van der Waals surface area contributed by atoms with E-state index in [9.17, 15) is 4.79 Å². The Morgan fingerprint density at radius 1 is 1.13 bits per heavy atom. The lowest BCUT2D eigenvalue weighted by atomic mass is 9.81. The van der Waals surface area contributed by atoms with Gasteiger partial charge in [-0.3, -0.25) is 4.79 Å². The Hall–Kier alpha value is -0.530. The van der Waals surface area contributed by atoms with Crippen LogP contribution in [0.3, 0.4) is 0 Å². The van der Waals surface area contributed by atoms with Gasteiger partial charge in [-0.1, -0.05) is 27.7 Å². The third-order valence-electron chi connectivity index (χ3n) is 2.11. The van der Waals surface area contributed by atoms with E-state index in [1.54, 1.807) is 0 Å². The third kappa shape index (κ3) is 8.46. The molecular weight excluding hydrogens is 186 g/mol. The van der Waals surface area contributed by atoms with Crippen molar-refractivity contribution in [1.29, 1.82) is 0 Å². The molecule has 0 radical (unpaired) electrons. The van der Waals surface area contributed by atoms with Crippen LogP contribution in [0, 0.1) is 11.3 Å². The molecule has 0 aromatic heterocycles. The number of rotatable bonds is 4. The number of amides is 1. The number of hydrogen-bond acceptors (Lipinski definition) is 1. The maximum atomic E-state index is 11.7. The van der Waals surface area contributed by atoms with Crippen molar-refractivity contribution in [2.24, 2.45) is 11.3 Å². The van der Waals surface area contributed by atoms with E-state index in [1.165, 1.54) is 0 Å². The van der Waals surface area contributed by atoms with Crippen LogP contribution in [0.15, 0.2) is 0 Å². The standard InChI is InChI=1S/C13H27NO/c1-10(2)8-13(6,7)9-11(15)14-12(3,4)5/h10H,8-9H2,1-7H3,(H,14,15). The Morgan fingerprint density at radius 3 is 1.93 bits per heavy atom. The zero-order valence-electron chi connectivity index (χ0n) is 11.4. The normalized spacial score (nSPS) is 13.1. The van der Waals surface area contributed by atoms with E-state index in [2.05, 4.69) is 33.0 Å². The van der Waals surface area contributed by atoms with E-state index in [1.807, 2.05) is 20.8 Å². The van der Waals surface area contributed by atoms with Crippen LogP contribution < -0.4 is 5.32 Å². The first-order valence-electron chi connectivity index (χ1n) is 5.83. The Bertz CT molecular complexity index is 211. The fraction of sp³-hybridized carbons (Fsp3) is 0.923. The van der Waals surface area contributed by atoms with Crippen LogP contribution in [-0.4, -0.2) is 11.4 Å². The summed E-state index contributed by atoms with van der Waals surface area (Å²) in [7, 11) is 0. The van der Waals surface area contributed by atoms with Crippen molar-refractivity contribution in [3.05, 3.63) is 0 Å². The second kappa shape index (κ2) is 5.00. The third-order valence-corrected chi connectivity index (χ3v) is 2.11. The highest BCUT2D eigenvalue weighted by molar-refractivity contribution is 5.77. The number of nitrogens with one attached hydrogen (secondary N) is 1. The summed E-state index contributed by atoms with van der Waals surface area (Å²) in [5, 5.41) is 3.01. The van der Waals surface area contributed by atoms with Gasteiger partial charge in [0.1, 0.15) is 0 Å². The molecule has 90 valence electrons. The summed E-state index contributed by atoms with van der Waals surface area (Å²) in [4.78, 5) is 11.7. The predicted molar refractivity (Wildman–Crippen MR) is 65.7 cm³/mol. The molecule has 0 saturated heterocycles. The summed E-state index contributed by atoms with van der Waals surface area (Å²) in [6.45, 7) is 14.8. The molecule has 0 spiro atoms. The van der Waals surface area contributed by atoms with Crippen molar-refractivity contribution in [2.75, 3.05) is 0 Å². The SMILES string of the molecule is CC(C)CC(C)(C)CC(=O)NC(C)(C)C. The molecule has 0 aliphatic heterocycles. The molecule has 0 aromatic rings. The molecule has 1 amide bonds. The maximum Gasteiger partial charge on any atom is 0.220 e. The highest BCUT2D eigenvalue weighted by Crippen LogP contribution is 2.29. The Labute approximate surface area is 94.8 Å². The van der Waals surface area contributed by atoms with E-state index < -0.39 is 0 Å². The Morgan fingerprint density at radius 2 is 1.60 bits per heavy atom. The van der Waals surface area contributed by atoms with Crippen LogP contribution in [0.5, 0.6) is 0 Å². The molecule has 0 aliphatic rings. The van der Waals surface area contributed by atoms with Crippen molar-refractivity contribution < 1.29 is 4.79 Å². The van der Waals surface area contributed by atoms with Crippen LogP contribution in [0.25, 0.3) is 0 Å². The van der Waals surface area contributed by atoms with Crippen LogP contribution >= 0.6 is 0 Å². The van der Waals surface area contributed by atoms with Gasteiger partial charge in [0, 0.05) is 12.0 Å². The lowest BCUT2D eigenvalue weighted by Gasteiger charge is -2.28. The van der Waals surface area contributed by atoms with Crippen molar-refractivity contribution in [1.82, 2.24) is 5.32 Å². The van der Waals surface area contributed by atoms with Gasteiger partial charge in [0.25, 0.3) is 0 Å². The number of carbonyl (C=O) groups is 1. The highest BCUT2D eigenvalue weighted by Gasteiger charge is 2.24. The quantitative estimate of drug-likeness (QED) is 0.762. The molecule has 2 nitrogen and oxygen atoms in total. The molecule has 0 aromatic carbocycles. The van der Waals surface area contributed by atoms with Gasteiger partial charge in [0.05, 0.1) is 0 Å². The van der Waals surface area contributed by atoms with E-state index in [0.29, 0.717) is 12.3 Å². The first-order valence-corrected chi connectivity index (χ1v) is 5.83. The average Bonchev–Trinajstić information content (AvgIpc) is 1.73. The molecule has 0 aliphatic carbocycles. The van der Waals surface area contributed by atoms with Crippen LogP contribution in [0.4, 0.5) is 0 Å². The summed E-state index contributed by atoms with van der Waals surface area (Å²) >= 11 is 0. The minimum atomic E-state index is -0.120. The second-order valence-electron chi connectivity index (χ2n) is 6.74. The predicted octanol–water partition coefficient (Wildman–Crippen LogP) is 3.36. The van der Waals surface area contributed by atoms with Crippen LogP contribution in [0.1, 0.15) is 61.3 Å².